The molecule has 1 aliphatic heterocycles. The van der Waals surface area contributed by atoms with Crippen molar-refractivity contribution in [1.82, 2.24) is 26.1 Å². The van der Waals surface area contributed by atoms with Gasteiger partial charge in [-0.25, -0.2) is 0 Å². The minimum Gasteiger partial charge on any atom is -0.355 e. The Morgan fingerprint density at radius 2 is 2.04 bits per heavy atom. The van der Waals surface area contributed by atoms with Crippen molar-refractivity contribution in [3.8, 4) is 0 Å². The number of amides is 2. The molecule has 0 aromatic carbocycles. The standard InChI is InChI=1S/C16H26N6O2/c1-12-5-6-15(21-20-12)22-9-3-4-14(11-22)19-10-16(24)18-8-7-17-13(2)23/h5-6,14,19H,3-4,7-11H2,1-2H3,(H,17,23)(H,18,24)/t14-/m1/s1. The first-order chi connectivity index (χ1) is 11.5. The molecule has 0 bridgehead atoms. The van der Waals surface area contributed by atoms with Crippen molar-refractivity contribution < 1.29 is 9.59 Å². The number of carbonyl (C=O) groups excluding carboxylic acids is 2. The molecule has 1 aliphatic rings. The van der Waals surface area contributed by atoms with Crippen LogP contribution >= 0.6 is 0 Å². The number of nitrogens with zero attached hydrogens (tertiary/aromatic N) is 3. The van der Waals surface area contributed by atoms with Crippen molar-refractivity contribution in [2.24, 2.45) is 0 Å². The van der Waals surface area contributed by atoms with Gasteiger partial charge < -0.3 is 20.9 Å². The molecule has 24 heavy (non-hydrogen) atoms. The molecule has 2 heterocycles. The quantitative estimate of drug-likeness (QED) is 0.587. The maximum absolute atomic E-state index is 11.8. The van der Waals surface area contributed by atoms with Gasteiger partial charge in [0, 0.05) is 39.1 Å². The molecule has 8 heteroatoms. The van der Waals surface area contributed by atoms with E-state index in [0.717, 1.165) is 37.4 Å². The lowest BCUT2D eigenvalue weighted by Crippen LogP contribution is -2.49. The maximum Gasteiger partial charge on any atom is 0.234 e. The van der Waals surface area contributed by atoms with E-state index in [1.165, 1.54) is 6.92 Å². The van der Waals surface area contributed by atoms with E-state index in [1.807, 2.05) is 19.1 Å². The molecule has 8 nitrogen and oxygen atoms in total. The maximum atomic E-state index is 11.8. The van der Waals surface area contributed by atoms with Crippen molar-refractivity contribution in [3.05, 3.63) is 17.8 Å². The van der Waals surface area contributed by atoms with E-state index in [-0.39, 0.29) is 24.4 Å². The Balaban J connectivity index is 1.70. The van der Waals surface area contributed by atoms with Gasteiger partial charge in [-0.1, -0.05) is 0 Å². The smallest absolute Gasteiger partial charge is 0.234 e. The van der Waals surface area contributed by atoms with Gasteiger partial charge >= 0.3 is 0 Å². The summed E-state index contributed by atoms with van der Waals surface area (Å²) in [5.41, 5.74) is 0.904. The molecule has 2 amide bonds. The topological polar surface area (TPSA) is 99.2 Å². The molecule has 1 fully saturated rings. The Kier molecular flexibility index (Phi) is 6.92. The predicted octanol–water partition coefficient (Wildman–Crippen LogP) is -0.404. The summed E-state index contributed by atoms with van der Waals surface area (Å²) in [7, 11) is 0. The number of nitrogens with one attached hydrogen (secondary N) is 3. The third kappa shape index (κ3) is 6.11. The Hall–Kier alpha value is -2.22. The largest absolute Gasteiger partial charge is 0.355 e. The summed E-state index contributed by atoms with van der Waals surface area (Å²) < 4.78 is 0. The summed E-state index contributed by atoms with van der Waals surface area (Å²) in [6, 6.07) is 4.20. The molecule has 0 saturated carbocycles. The Labute approximate surface area is 142 Å². The van der Waals surface area contributed by atoms with Crippen LogP contribution in [0.15, 0.2) is 12.1 Å². The van der Waals surface area contributed by atoms with Crippen LogP contribution in [0.1, 0.15) is 25.5 Å². The zero-order chi connectivity index (χ0) is 17.4. The first-order valence-electron chi connectivity index (χ1n) is 8.34. The van der Waals surface area contributed by atoms with Gasteiger partial charge in [0.15, 0.2) is 5.82 Å². The van der Waals surface area contributed by atoms with Gasteiger partial charge in [-0.05, 0) is 31.9 Å². The van der Waals surface area contributed by atoms with Crippen LogP contribution in [0.2, 0.25) is 0 Å². The molecular weight excluding hydrogens is 308 g/mol. The second kappa shape index (κ2) is 9.17. The van der Waals surface area contributed by atoms with Crippen LogP contribution < -0.4 is 20.9 Å². The number of aromatic nitrogens is 2. The second-order valence-corrected chi connectivity index (χ2v) is 6.03. The summed E-state index contributed by atoms with van der Waals surface area (Å²) in [6.45, 7) is 6.31. The van der Waals surface area contributed by atoms with Crippen LogP contribution in [0, 0.1) is 6.92 Å². The van der Waals surface area contributed by atoms with Gasteiger partial charge in [0.2, 0.25) is 11.8 Å². The lowest BCUT2D eigenvalue weighted by molar-refractivity contribution is -0.121. The number of hydrogen-bond acceptors (Lipinski definition) is 6. The molecule has 0 spiro atoms. The zero-order valence-electron chi connectivity index (χ0n) is 14.3. The molecule has 3 N–H and O–H groups in total. The SMILES string of the molecule is CC(=O)NCCNC(=O)CN[C@@H]1CCCN(c2ccc(C)nn2)C1. The number of rotatable bonds is 7. The highest BCUT2D eigenvalue weighted by Gasteiger charge is 2.21. The molecule has 0 aliphatic carbocycles. The molecular formula is C16H26N6O2. The van der Waals surface area contributed by atoms with E-state index in [9.17, 15) is 9.59 Å². The first kappa shape index (κ1) is 18.1. The summed E-state index contributed by atoms with van der Waals surface area (Å²) in [6.07, 6.45) is 2.09. The van der Waals surface area contributed by atoms with Crippen molar-refractivity contribution in [2.75, 3.05) is 37.6 Å². The number of anilines is 1. The highest BCUT2D eigenvalue weighted by Crippen LogP contribution is 2.17. The number of carbonyl (C=O) groups is 2. The zero-order valence-corrected chi connectivity index (χ0v) is 14.3. The van der Waals surface area contributed by atoms with Gasteiger partial charge in [0.1, 0.15) is 0 Å². The van der Waals surface area contributed by atoms with E-state index in [0.29, 0.717) is 13.1 Å². The highest BCUT2D eigenvalue weighted by atomic mass is 16.2. The Bertz CT molecular complexity index is 548. The van der Waals surface area contributed by atoms with E-state index in [1.54, 1.807) is 0 Å². The molecule has 0 radical (unpaired) electrons. The van der Waals surface area contributed by atoms with E-state index < -0.39 is 0 Å². The second-order valence-electron chi connectivity index (χ2n) is 6.03. The molecule has 1 atom stereocenters. The molecule has 0 unspecified atom stereocenters. The average Bonchev–Trinajstić information content (AvgIpc) is 2.58. The first-order valence-corrected chi connectivity index (χ1v) is 8.34. The van der Waals surface area contributed by atoms with E-state index in [2.05, 4.69) is 31.0 Å². The molecule has 1 aromatic rings. The van der Waals surface area contributed by atoms with Crippen molar-refractivity contribution in [2.45, 2.75) is 32.7 Å². The molecule has 1 saturated heterocycles. The number of piperidine rings is 1. The fourth-order valence-corrected chi connectivity index (χ4v) is 2.65. The molecule has 2 rings (SSSR count). The van der Waals surface area contributed by atoms with Crippen LogP contribution in [0.25, 0.3) is 0 Å². The molecule has 1 aromatic heterocycles. The number of hydrogen-bond donors (Lipinski definition) is 3. The normalized spacial score (nSPS) is 17.4. The van der Waals surface area contributed by atoms with Crippen LogP contribution in [0.4, 0.5) is 5.82 Å². The Morgan fingerprint density at radius 1 is 1.25 bits per heavy atom. The average molecular weight is 334 g/mol. The summed E-state index contributed by atoms with van der Waals surface area (Å²) >= 11 is 0. The number of aryl methyl sites for hydroxylation is 1. The van der Waals surface area contributed by atoms with Crippen LogP contribution in [0.5, 0.6) is 0 Å². The van der Waals surface area contributed by atoms with Gasteiger partial charge in [-0.2, -0.15) is 5.10 Å². The summed E-state index contributed by atoms with van der Waals surface area (Å²) in [5.74, 6) is 0.725. The lowest BCUT2D eigenvalue weighted by Gasteiger charge is -2.33. The van der Waals surface area contributed by atoms with Gasteiger partial charge in [0.05, 0.1) is 12.2 Å². The van der Waals surface area contributed by atoms with Gasteiger partial charge in [0.25, 0.3) is 0 Å². The van der Waals surface area contributed by atoms with Crippen LogP contribution in [0.3, 0.4) is 0 Å². The van der Waals surface area contributed by atoms with Gasteiger partial charge in [-0.3, -0.25) is 9.59 Å². The third-order valence-electron chi connectivity index (χ3n) is 3.90. The monoisotopic (exact) mass is 334 g/mol. The van der Waals surface area contributed by atoms with Crippen molar-refractivity contribution >= 4 is 17.6 Å². The van der Waals surface area contributed by atoms with Crippen LogP contribution in [-0.4, -0.2) is 60.8 Å². The summed E-state index contributed by atoms with van der Waals surface area (Å²) in [5, 5.41) is 17.0. The fraction of sp³-hybridized carbons (Fsp3) is 0.625. The van der Waals surface area contributed by atoms with E-state index in [4.69, 9.17) is 0 Å². The van der Waals surface area contributed by atoms with Crippen LogP contribution in [-0.2, 0) is 9.59 Å². The van der Waals surface area contributed by atoms with E-state index >= 15 is 0 Å². The van der Waals surface area contributed by atoms with Gasteiger partial charge in [-0.15, -0.1) is 5.10 Å². The highest BCUT2D eigenvalue weighted by molar-refractivity contribution is 5.78. The van der Waals surface area contributed by atoms with Crippen molar-refractivity contribution in [3.63, 3.8) is 0 Å². The lowest BCUT2D eigenvalue weighted by atomic mass is 10.1. The predicted molar refractivity (Wildman–Crippen MR) is 91.7 cm³/mol. The van der Waals surface area contributed by atoms with Crippen molar-refractivity contribution in [1.29, 1.82) is 0 Å². The summed E-state index contributed by atoms with van der Waals surface area (Å²) in [4.78, 5) is 24.7. The third-order valence-corrected chi connectivity index (χ3v) is 3.90. The molecule has 132 valence electrons. The minimum atomic E-state index is -0.0936. The Morgan fingerprint density at radius 3 is 2.75 bits per heavy atom. The fourth-order valence-electron chi connectivity index (χ4n) is 2.65. The minimum absolute atomic E-state index is 0.0624.